The molecule has 0 N–H and O–H groups in total. The van der Waals surface area contributed by atoms with E-state index in [1.54, 1.807) is 17.0 Å². The van der Waals surface area contributed by atoms with E-state index in [9.17, 15) is 19.2 Å². The highest BCUT2D eigenvalue weighted by atomic mass is 16.5. The number of hydrogen-bond donors (Lipinski definition) is 0. The van der Waals surface area contributed by atoms with Crippen molar-refractivity contribution in [2.24, 2.45) is 0 Å². The van der Waals surface area contributed by atoms with E-state index in [0.29, 0.717) is 6.54 Å². The highest BCUT2D eigenvalue weighted by Gasteiger charge is 2.36. The summed E-state index contributed by atoms with van der Waals surface area (Å²) in [5, 5.41) is 0. The molecular formula is C21H18N2O5. The lowest BCUT2D eigenvalue weighted by molar-refractivity contribution is -0.148. The second kappa shape index (κ2) is 7.26. The molecule has 0 spiro atoms. The SMILES string of the molecule is O=C(CN1C(=O)c2ccccc2C1=O)OCC(=O)N1CCCc2ccccc21. The molecular weight excluding hydrogens is 360 g/mol. The topological polar surface area (TPSA) is 84.0 Å². The van der Waals surface area contributed by atoms with Crippen molar-refractivity contribution in [2.45, 2.75) is 12.8 Å². The number of rotatable bonds is 4. The number of anilines is 1. The second-order valence-corrected chi connectivity index (χ2v) is 6.68. The van der Waals surface area contributed by atoms with Crippen LogP contribution in [0.4, 0.5) is 5.69 Å². The molecule has 3 amide bonds. The number of ether oxygens (including phenoxy) is 1. The van der Waals surface area contributed by atoms with Crippen LogP contribution in [0.15, 0.2) is 48.5 Å². The van der Waals surface area contributed by atoms with Crippen molar-refractivity contribution >= 4 is 29.4 Å². The minimum absolute atomic E-state index is 0.265. The zero-order valence-electron chi connectivity index (χ0n) is 15.1. The molecule has 2 aliphatic rings. The largest absolute Gasteiger partial charge is 0.454 e. The standard InChI is InChI=1S/C21H18N2O5/c24-18(22-11-5-7-14-6-1-4-10-17(14)22)13-28-19(25)12-23-20(26)15-8-2-3-9-16(15)21(23)27/h1-4,6,8-10H,5,7,11-13H2. The molecule has 0 unspecified atom stereocenters. The Bertz CT molecular complexity index is 949. The van der Waals surface area contributed by atoms with Gasteiger partial charge in [-0.05, 0) is 36.6 Å². The Balaban J connectivity index is 1.36. The first-order valence-corrected chi connectivity index (χ1v) is 9.05. The number of carbonyl (C=O) groups is 4. The summed E-state index contributed by atoms with van der Waals surface area (Å²) in [6.07, 6.45) is 1.74. The Morgan fingerprint density at radius 2 is 1.57 bits per heavy atom. The normalized spacial score (nSPS) is 15.3. The molecule has 0 fully saturated rings. The van der Waals surface area contributed by atoms with Crippen LogP contribution in [0, 0.1) is 0 Å². The Morgan fingerprint density at radius 3 is 2.29 bits per heavy atom. The summed E-state index contributed by atoms with van der Waals surface area (Å²) in [7, 11) is 0. The molecule has 4 rings (SSSR count). The fourth-order valence-corrected chi connectivity index (χ4v) is 3.57. The third kappa shape index (κ3) is 3.15. The van der Waals surface area contributed by atoms with E-state index in [0.717, 1.165) is 29.0 Å². The number of carbonyl (C=O) groups excluding carboxylic acids is 4. The Kier molecular flexibility index (Phi) is 4.65. The first-order chi connectivity index (χ1) is 13.6. The fraction of sp³-hybridized carbons (Fsp3) is 0.238. The summed E-state index contributed by atoms with van der Waals surface area (Å²) in [6.45, 7) is -0.391. The molecule has 28 heavy (non-hydrogen) atoms. The first-order valence-electron chi connectivity index (χ1n) is 9.05. The van der Waals surface area contributed by atoms with Gasteiger partial charge in [0.05, 0.1) is 11.1 Å². The van der Waals surface area contributed by atoms with Gasteiger partial charge in [0.15, 0.2) is 6.61 Å². The summed E-state index contributed by atoms with van der Waals surface area (Å²) in [5.41, 5.74) is 2.44. The van der Waals surface area contributed by atoms with E-state index in [2.05, 4.69) is 0 Å². The molecule has 2 aromatic carbocycles. The third-order valence-electron chi connectivity index (χ3n) is 4.93. The molecule has 2 heterocycles. The molecule has 0 aromatic heterocycles. The molecule has 0 aliphatic carbocycles. The Morgan fingerprint density at radius 1 is 0.929 bits per heavy atom. The summed E-state index contributed by atoms with van der Waals surface area (Å²) in [6, 6.07) is 14.0. The van der Waals surface area contributed by atoms with Gasteiger partial charge in [-0.2, -0.15) is 0 Å². The van der Waals surface area contributed by atoms with Crippen molar-refractivity contribution in [3.8, 4) is 0 Å². The van der Waals surface area contributed by atoms with Gasteiger partial charge in [0.25, 0.3) is 17.7 Å². The number of amides is 3. The lowest BCUT2D eigenvalue weighted by atomic mass is 10.0. The van der Waals surface area contributed by atoms with Crippen molar-refractivity contribution in [1.29, 1.82) is 0 Å². The minimum Gasteiger partial charge on any atom is -0.454 e. The molecule has 142 valence electrons. The molecule has 2 aromatic rings. The van der Waals surface area contributed by atoms with Gasteiger partial charge in [0.1, 0.15) is 6.54 Å². The van der Waals surface area contributed by atoms with Crippen molar-refractivity contribution in [1.82, 2.24) is 4.90 Å². The quantitative estimate of drug-likeness (QED) is 0.598. The lowest BCUT2D eigenvalue weighted by Crippen LogP contribution is -2.40. The summed E-state index contributed by atoms with van der Waals surface area (Å²) < 4.78 is 5.05. The maximum atomic E-state index is 12.5. The van der Waals surface area contributed by atoms with Crippen LogP contribution in [0.25, 0.3) is 0 Å². The molecule has 2 aliphatic heterocycles. The molecule has 7 nitrogen and oxygen atoms in total. The average Bonchev–Trinajstić information content (AvgIpc) is 2.96. The number of para-hydroxylation sites is 1. The number of nitrogens with zero attached hydrogens (tertiary/aromatic N) is 2. The van der Waals surface area contributed by atoms with Crippen molar-refractivity contribution < 1.29 is 23.9 Å². The summed E-state index contributed by atoms with van der Waals surface area (Å²) >= 11 is 0. The maximum absolute atomic E-state index is 12.5. The van der Waals surface area contributed by atoms with Crippen LogP contribution in [0.3, 0.4) is 0 Å². The summed E-state index contributed by atoms with van der Waals surface area (Å²) in [5.74, 6) is -2.20. The number of fused-ring (bicyclic) bond motifs is 2. The van der Waals surface area contributed by atoms with Gasteiger partial charge in [0, 0.05) is 12.2 Å². The Labute approximate surface area is 161 Å². The van der Waals surface area contributed by atoms with Crippen LogP contribution in [0.2, 0.25) is 0 Å². The van der Waals surface area contributed by atoms with Gasteiger partial charge in [-0.25, -0.2) is 0 Å². The number of imide groups is 1. The summed E-state index contributed by atoms with van der Waals surface area (Å²) in [4.78, 5) is 51.7. The van der Waals surface area contributed by atoms with Crippen molar-refractivity contribution in [3.63, 3.8) is 0 Å². The number of hydrogen-bond acceptors (Lipinski definition) is 5. The van der Waals surface area contributed by atoms with Crippen molar-refractivity contribution in [3.05, 3.63) is 65.2 Å². The van der Waals surface area contributed by atoms with Gasteiger partial charge >= 0.3 is 5.97 Å². The number of aryl methyl sites for hydroxylation is 1. The van der Waals surface area contributed by atoms with Gasteiger partial charge in [-0.15, -0.1) is 0 Å². The average molecular weight is 378 g/mol. The van der Waals surface area contributed by atoms with Crippen LogP contribution in [0.5, 0.6) is 0 Å². The molecule has 0 bridgehead atoms. The van der Waals surface area contributed by atoms with Crippen LogP contribution >= 0.6 is 0 Å². The van der Waals surface area contributed by atoms with Gasteiger partial charge < -0.3 is 9.64 Å². The van der Waals surface area contributed by atoms with Gasteiger partial charge in [-0.3, -0.25) is 24.1 Å². The monoisotopic (exact) mass is 378 g/mol. The molecule has 0 radical (unpaired) electrons. The lowest BCUT2D eigenvalue weighted by Gasteiger charge is -2.29. The van der Waals surface area contributed by atoms with Crippen LogP contribution < -0.4 is 4.90 Å². The maximum Gasteiger partial charge on any atom is 0.326 e. The minimum atomic E-state index is -0.798. The van der Waals surface area contributed by atoms with Crippen molar-refractivity contribution in [2.75, 3.05) is 24.6 Å². The zero-order valence-corrected chi connectivity index (χ0v) is 15.1. The van der Waals surface area contributed by atoms with Gasteiger partial charge in [0.2, 0.25) is 0 Å². The molecule has 0 atom stereocenters. The molecule has 0 saturated carbocycles. The van der Waals surface area contributed by atoms with Gasteiger partial charge in [-0.1, -0.05) is 30.3 Å². The number of benzene rings is 2. The van der Waals surface area contributed by atoms with Crippen LogP contribution in [-0.4, -0.2) is 48.3 Å². The smallest absolute Gasteiger partial charge is 0.326 e. The van der Waals surface area contributed by atoms with E-state index in [4.69, 9.17) is 4.74 Å². The third-order valence-corrected chi connectivity index (χ3v) is 4.93. The molecule has 0 saturated heterocycles. The Hall–Kier alpha value is -3.48. The van der Waals surface area contributed by atoms with Crippen LogP contribution in [-0.2, 0) is 20.7 Å². The van der Waals surface area contributed by atoms with E-state index in [1.165, 1.54) is 12.1 Å². The second-order valence-electron chi connectivity index (χ2n) is 6.68. The predicted molar refractivity (Wildman–Crippen MR) is 99.9 cm³/mol. The highest BCUT2D eigenvalue weighted by molar-refractivity contribution is 6.22. The van der Waals surface area contributed by atoms with Crippen LogP contribution in [0.1, 0.15) is 32.7 Å². The highest BCUT2D eigenvalue weighted by Crippen LogP contribution is 2.27. The first kappa shape index (κ1) is 17.9. The molecule has 7 heteroatoms. The van der Waals surface area contributed by atoms with E-state index >= 15 is 0 Å². The zero-order chi connectivity index (χ0) is 19.7. The van der Waals surface area contributed by atoms with E-state index < -0.39 is 30.9 Å². The fourth-order valence-electron chi connectivity index (χ4n) is 3.57. The predicted octanol–water partition coefficient (Wildman–Crippen LogP) is 1.81. The van der Waals surface area contributed by atoms with E-state index in [1.807, 2.05) is 24.3 Å². The van der Waals surface area contributed by atoms with E-state index in [-0.39, 0.29) is 17.0 Å². The number of esters is 1.